The summed E-state index contributed by atoms with van der Waals surface area (Å²) in [5.41, 5.74) is -0.101. The number of H-pyrrole nitrogens is 1. The molecule has 0 atom stereocenters. The molecule has 0 saturated heterocycles. The van der Waals surface area contributed by atoms with E-state index in [0.29, 0.717) is 11.0 Å². The summed E-state index contributed by atoms with van der Waals surface area (Å²) in [5.74, 6) is 1.35. The molecule has 10 heteroatoms. The van der Waals surface area contributed by atoms with Crippen molar-refractivity contribution in [3.8, 4) is 6.07 Å². The molecule has 0 bridgehead atoms. The lowest BCUT2D eigenvalue weighted by Crippen LogP contribution is -2.16. The summed E-state index contributed by atoms with van der Waals surface area (Å²) in [7, 11) is 0. The zero-order valence-corrected chi connectivity index (χ0v) is 15.0. The summed E-state index contributed by atoms with van der Waals surface area (Å²) in [6.45, 7) is 0.754. The summed E-state index contributed by atoms with van der Waals surface area (Å²) in [6, 6.07) is 2.25. The highest BCUT2D eigenvalue weighted by Gasteiger charge is 2.29. The van der Waals surface area contributed by atoms with E-state index in [-0.39, 0.29) is 28.8 Å². The maximum Gasteiger partial charge on any atom is 0.344 e. The summed E-state index contributed by atoms with van der Waals surface area (Å²) < 4.78 is 3.55. The molecule has 1 saturated carbocycles. The third kappa shape index (κ3) is 3.14. The maximum atomic E-state index is 11.8. The minimum Gasteiger partial charge on any atom is -0.510 e. The molecule has 2 aliphatic rings. The van der Waals surface area contributed by atoms with Gasteiger partial charge in [-0.2, -0.15) is 5.26 Å². The number of allylic oxidation sites excluding steroid dienone is 1. The van der Waals surface area contributed by atoms with Gasteiger partial charge in [-0.3, -0.25) is 4.57 Å². The van der Waals surface area contributed by atoms with Gasteiger partial charge in [-0.25, -0.2) is 9.89 Å². The lowest BCUT2D eigenvalue weighted by atomic mass is 10.2. The van der Waals surface area contributed by atoms with Crippen LogP contribution in [0.2, 0.25) is 0 Å². The lowest BCUT2D eigenvalue weighted by Gasteiger charge is -2.08. The monoisotopic (exact) mass is 373 g/mol. The van der Waals surface area contributed by atoms with Gasteiger partial charge in [0.05, 0.1) is 5.75 Å². The second kappa shape index (κ2) is 6.99. The van der Waals surface area contributed by atoms with Crippen LogP contribution in [0.1, 0.15) is 49.8 Å². The SMILES string of the molecule is N#CC(=C(O)CSc1n[nH]c(=O)n1C1CC1)c1nnc2n1CCCCC2. The highest BCUT2D eigenvalue weighted by molar-refractivity contribution is 7.99. The molecule has 0 amide bonds. The Morgan fingerprint density at radius 2 is 2.19 bits per heavy atom. The van der Waals surface area contributed by atoms with Gasteiger partial charge in [0.25, 0.3) is 0 Å². The van der Waals surface area contributed by atoms with Crippen LogP contribution < -0.4 is 5.69 Å². The molecule has 0 aromatic carbocycles. The molecule has 4 rings (SSSR count). The first kappa shape index (κ1) is 16.9. The van der Waals surface area contributed by atoms with E-state index in [2.05, 4.69) is 26.5 Å². The molecule has 2 N–H and O–H groups in total. The van der Waals surface area contributed by atoms with Crippen LogP contribution >= 0.6 is 11.8 Å². The molecule has 3 heterocycles. The molecular formula is C16H19N7O2S. The second-order valence-electron chi connectivity index (χ2n) is 6.54. The van der Waals surface area contributed by atoms with Crippen molar-refractivity contribution >= 4 is 17.3 Å². The smallest absolute Gasteiger partial charge is 0.344 e. The molecule has 2 aromatic rings. The Balaban J connectivity index is 1.58. The summed E-state index contributed by atoms with van der Waals surface area (Å²) in [6.07, 6.45) is 5.95. The fraction of sp³-hybridized carbons (Fsp3) is 0.562. The van der Waals surface area contributed by atoms with Crippen molar-refractivity contribution in [1.29, 1.82) is 5.26 Å². The number of aromatic amines is 1. The molecule has 0 unspecified atom stereocenters. The van der Waals surface area contributed by atoms with Gasteiger partial charge in [-0.05, 0) is 25.7 Å². The van der Waals surface area contributed by atoms with Crippen molar-refractivity contribution in [2.75, 3.05) is 5.75 Å². The van der Waals surface area contributed by atoms with E-state index in [4.69, 9.17) is 0 Å². The van der Waals surface area contributed by atoms with Crippen LogP contribution in [-0.4, -0.2) is 40.4 Å². The molecule has 2 aromatic heterocycles. The van der Waals surface area contributed by atoms with E-state index in [0.717, 1.165) is 50.9 Å². The van der Waals surface area contributed by atoms with Crippen LogP contribution in [0.25, 0.3) is 5.57 Å². The van der Waals surface area contributed by atoms with Gasteiger partial charge in [0, 0.05) is 19.0 Å². The molecule has 136 valence electrons. The Kier molecular flexibility index (Phi) is 4.55. The number of fused-ring (bicyclic) bond motifs is 1. The molecule has 26 heavy (non-hydrogen) atoms. The number of aliphatic hydroxyl groups excluding tert-OH is 1. The number of rotatable bonds is 5. The number of nitrogens with one attached hydrogen (secondary N) is 1. The van der Waals surface area contributed by atoms with Crippen LogP contribution in [0.3, 0.4) is 0 Å². The zero-order chi connectivity index (χ0) is 18.1. The molecule has 1 fully saturated rings. The first-order valence-electron chi connectivity index (χ1n) is 8.73. The third-order valence-electron chi connectivity index (χ3n) is 4.66. The topological polar surface area (TPSA) is 125 Å². The number of nitrogens with zero attached hydrogens (tertiary/aromatic N) is 6. The molecule has 9 nitrogen and oxygen atoms in total. The quantitative estimate of drug-likeness (QED) is 0.465. The van der Waals surface area contributed by atoms with Gasteiger partial charge >= 0.3 is 5.69 Å². The van der Waals surface area contributed by atoms with E-state index >= 15 is 0 Å². The van der Waals surface area contributed by atoms with E-state index in [1.165, 1.54) is 11.8 Å². The van der Waals surface area contributed by atoms with E-state index in [9.17, 15) is 15.2 Å². The van der Waals surface area contributed by atoms with Gasteiger partial charge in [0.1, 0.15) is 23.2 Å². The largest absolute Gasteiger partial charge is 0.510 e. The van der Waals surface area contributed by atoms with Crippen molar-refractivity contribution in [3.63, 3.8) is 0 Å². The van der Waals surface area contributed by atoms with Crippen LogP contribution in [0.4, 0.5) is 0 Å². The third-order valence-corrected chi connectivity index (χ3v) is 5.62. The second-order valence-corrected chi connectivity index (χ2v) is 7.48. The first-order valence-corrected chi connectivity index (χ1v) is 9.72. The Labute approximate surface area is 153 Å². The summed E-state index contributed by atoms with van der Waals surface area (Å²) in [5, 5.41) is 35.4. The maximum absolute atomic E-state index is 11.8. The van der Waals surface area contributed by atoms with Crippen molar-refractivity contribution < 1.29 is 5.11 Å². The summed E-state index contributed by atoms with van der Waals surface area (Å²) in [4.78, 5) is 11.8. The number of thioether (sulfide) groups is 1. The fourth-order valence-corrected chi connectivity index (χ4v) is 4.06. The first-order chi connectivity index (χ1) is 12.7. The van der Waals surface area contributed by atoms with Gasteiger partial charge in [-0.15, -0.1) is 15.3 Å². The van der Waals surface area contributed by atoms with Crippen LogP contribution in [0.5, 0.6) is 0 Å². The van der Waals surface area contributed by atoms with E-state index in [1.807, 2.05) is 4.57 Å². The highest BCUT2D eigenvalue weighted by Crippen LogP contribution is 2.36. The average molecular weight is 373 g/mol. The standard InChI is InChI=1S/C16H19N7O2S/c17-8-11(14-19-18-13-4-2-1-3-7-22(13)14)12(24)9-26-16-21-20-15(25)23(16)10-5-6-10/h10,24H,1-7,9H2,(H,20,25). The fourth-order valence-electron chi connectivity index (χ4n) is 3.17. The number of hydrogen-bond donors (Lipinski definition) is 2. The Hall–Kier alpha value is -2.54. The molecular weight excluding hydrogens is 354 g/mol. The van der Waals surface area contributed by atoms with Gasteiger partial charge < -0.3 is 9.67 Å². The normalized spacial score (nSPS) is 18.0. The van der Waals surface area contributed by atoms with Crippen molar-refractivity contribution in [2.45, 2.75) is 56.3 Å². The Morgan fingerprint density at radius 3 is 2.96 bits per heavy atom. The average Bonchev–Trinajstić information content (AvgIpc) is 3.36. The Morgan fingerprint density at radius 1 is 1.35 bits per heavy atom. The lowest BCUT2D eigenvalue weighted by molar-refractivity contribution is 0.419. The van der Waals surface area contributed by atoms with Crippen molar-refractivity contribution in [3.05, 3.63) is 27.9 Å². The molecule has 1 aliphatic heterocycles. The number of nitriles is 1. The molecule has 0 spiro atoms. The number of aryl methyl sites for hydroxylation is 1. The predicted molar refractivity (Wildman–Crippen MR) is 94.6 cm³/mol. The number of aliphatic hydroxyl groups is 1. The highest BCUT2D eigenvalue weighted by atomic mass is 32.2. The van der Waals surface area contributed by atoms with Crippen LogP contribution in [-0.2, 0) is 13.0 Å². The van der Waals surface area contributed by atoms with Crippen LogP contribution in [0.15, 0.2) is 15.7 Å². The van der Waals surface area contributed by atoms with Crippen molar-refractivity contribution in [1.82, 2.24) is 29.5 Å². The number of aromatic nitrogens is 6. The number of hydrogen-bond acceptors (Lipinski definition) is 7. The van der Waals surface area contributed by atoms with Crippen LogP contribution in [0, 0.1) is 11.3 Å². The minimum atomic E-state index is -0.234. The van der Waals surface area contributed by atoms with Gasteiger partial charge in [-0.1, -0.05) is 18.2 Å². The predicted octanol–water partition coefficient (Wildman–Crippen LogP) is 1.81. The summed E-state index contributed by atoms with van der Waals surface area (Å²) >= 11 is 1.23. The van der Waals surface area contributed by atoms with E-state index in [1.54, 1.807) is 4.57 Å². The minimum absolute atomic E-state index is 0.0743. The molecule has 1 aliphatic carbocycles. The van der Waals surface area contributed by atoms with Gasteiger partial charge in [0.15, 0.2) is 11.0 Å². The van der Waals surface area contributed by atoms with E-state index < -0.39 is 0 Å². The Bertz CT molecular complexity index is 945. The van der Waals surface area contributed by atoms with Crippen molar-refractivity contribution in [2.24, 2.45) is 0 Å². The van der Waals surface area contributed by atoms with Gasteiger partial charge in [0.2, 0.25) is 0 Å². The zero-order valence-electron chi connectivity index (χ0n) is 14.2. The molecule has 0 radical (unpaired) electrons.